The van der Waals surface area contributed by atoms with Gasteiger partial charge in [0.1, 0.15) is 71.9 Å². The number of benzene rings is 3. The molecule has 23 N–H and O–H groups in total. The number of phenolic OH excluding ortho intramolecular Hbond substituents is 2. The van der Waals surface area contributed by atoms with Crippen molar-refractivity contribution in [3.63, 3.8) is 0 Å². The number of hydrogen-bond donors (Lipinski definition) is 19. The molecule has 3 aromatic rings. The van der Waals surface area contributed by atoms with E-state index in [2.05, 4.69) is 52.8 Å². The third-order valence-corrected chi connectivity index (χ3v) is 15.7. The number of phenols is 2. The summed E-state index contributed by atoms with van der Waals surface area (Å²) in [5.41, 5.74) is 23.8. The van der Waals surface area contributed by atoms with Crippen molar-refractivity contribution in [2.75, 3.05) is 26.3 Å². The maximum absolute atomic E-state index is 14.7. The summed E-state index contributed by atoms with van der Waals surface area (Å²) in [6.07, 6.45) is -2.81. The minimum Gasteiger partial charge on any atom is -0.508 e. The SMILES string of the molecule is CC(C)C[C@H](NC(=O)[C@H](CC(N)=O)NC(=O)[C@H](CCC(=O)O)NC(=O)[C@H](Cc1ccccc1)NC(=O)[C@H](Cc1ccc(O)cc1)NC(=O)[C@H](CO)NC(=O)[C@@H]1CCCN1C(=O)[C@H](CO)NC(=O)[C@H](CCCN=C(N)N)NC(=O)[C@H](Cc1ccc(O)cc1)NC(=O)[C@@H](N)CC(C)C)C(=O)O. The third-order valence-electron chi connectivity index (χ3n) is 15.7. The molecule has 11 atom stereocenters. The Bertz CT molecular complexity index is 3300. The number of rotatable bonds is 41. The standard InChI is InChI=1S/C65H93N15O19/c1-34(2)26-41(66)54(88)73-44(29-37-14-18-39(83)19-15-37)57(91)71-42(12-8-24-70-65(68)69)55(89)79-50(33-82)63(97)80-25-9-13-51(80)62(96)78-49(32-81)61(95)75-46(30-38-16-20-40(84)21-17-38)59(93)74-45(28-36-10-6-5-7-11-36)58(92)72-43(22-23-53(86)87)56(90)76-47(31-52(67)85)60(94)77-48(64(98)99)27-35(3)4/h5-7,10-11,14-21,34-35,41-51,81-84H,8-9,12-13,22-33,66H2,1-4H3,(H2,67,85)(H,71,91)(H,72,92)(H,73,88)(H,74,93)(H,75,95)(H,76,90)(H,77,94)(H,78,96)(H,79,89)(H,86,87)(H,98,99)(H4,68,69,70)/t41-,42-,43-,44-,45-,46-,47-,48-,49-,50-,51-/m0/s1. The molecule has 11 amide bonds. The minimum absolute atomic E-state index is 0.00808. The van der Waals surface area contributed by atoms with Gasteiger partial charge in [0.25, 0.3) is 0 Å². The summed E-state index contributed by atoms with van der Waals surface area (Å²) in [5, 5.41) is 82.7. The molecule has 1 aliphatic heterocycles. The van der Waals surface area contributed by atoms with Crippen molar-refractivity contribution < 1.29 is 93.0 Å². The van der Waals surface area contributed by atoms with Crippen LogP contribution in [0.2, 0.25) is 0 Å². The normalized spacial score (nSPS) is 15.7. The van der Waals surface area contributed by atoms with E-state index in [1.165, 1.54) is 48.5 Å². The molecule has 0 saturated carbocycles. The Labute approximate surface area is 571 Å². The zero-order chi connectivity index (χ0) is 73.6. The maximum Gasteiger partial charge on any atom is 0.326 e. The highest BCUT2D eigenvalue weighted by Crippen LogP contribution is 2.21. The van der Waals surface area contributed by atoms with E-state index in [4.69, 9.17) is 22.9 Å². The Morgan fingerprint density at radius 1 is 0.505 bits per heavy atom. The number of carboxylic acid groups (broad SMARTS) is 2. The molecule has 542 valence electrons. The average Bonchev–Trinajstić information content (AvgIpc) is 1.75. The molecule has 1 fully saturated rings. The van der Waals surface area contributed by atoms with Gasteiger partial charge in [0.05, 0.1) is 25.7 Å². The number of hydrogen-bond acceptors (Lipinski definition) is 19. The zero-order valence-electron chi connectivity index (χ0n) is 55.5. The number of nitrogens with two attached hydrogens (primary N) is 4. The molecule has 34 heteroatoms. The van der Waals surface area contributed by atoms with Gasteiger partial charge in [-0.1, -0.05) is 82.3 Å². The van der Waals surface area contributed by atoms with Crippen LogP contribution in [0.3, 0.4) is 0 Å². The lowest BCUT2D eigenvalue weighted by Crippen LogP contribution is -2.61. The predicted molar refractivity (Wildman–Crippen MR) is 355 cm³/mol. The van der Waals surface area contributed by atoms with E-state index < -0.39 is 176 Å². The summed E-state index contributed by atoms with van der Waals surface area (Å²) in [5.74, 6) is -14.9. The van der Waals surface area contributed by atoms with Crippen molar-refractivity contribution in [3.05, 3.63) is 95.6 Å². The molecular weight excluding hydrogens is 1290 g/mol. The number of nitrogens with zero attached hydrogens (tertiary/aromatic N) is 2. The number of amides is 11. The summed E-state index contributed by atoms with van der Waals surface area (Å²) in [6.45, 7) is 4.79. The van der Waals surface area contributed by atoms with E-state index in [9.17, 15) is 93.0 Å². The quantitative estimate of drug-likeness (QED) is 0.0145. The Kier molecular flexibility index (Phi) is 32.9. The van der Waals surface area contributed by atoms with Gasteiger partial charge in [0.2, 0.25) is 65.0 Å². The molecular formula is C65H93N15O19. The Morgan fingerprint density at radius 3 is 1.37 bits per heavy atom. The topological polar surface area (TPSA) is 571 Å². The molecule has 1 heterocycles. The number of aliphatic carboxylic acids is 2. The van der Waals surface area contributed by atoms with Gasteiger partial charge in [-0.25, -0.2) is 4.79 Å². The van der Waals surface area contributed by atoms with Crippen molar-refractivity contribution in [1.29, 1.82) is 0 Å². The smallest absolute Gasteiger partial charge is 0.326 e. The fraction of sp³-hybridized carbons (Fsp3) is 0.508. The van der Waals surface area contributed by atoms with Gasteiger partial charge in [-0.3, -0.25) is 62.5 Å². The van der Waals surface area contributed by atoms with Gasteiger partial charge in [-0.05, 0) is 97.7 Å². The van der Waals surface area contributed by atoms with Crippen LogP contribution in [-0.2, 0) is 81.6 Å². The van der Waals surface area contributed by atoms with Gasteiger partial charge < -0.3 is 106 Å². The third kappa shape index (κ3) is 27.9. The Hall–Kier alpha value is -10.5. The molecule has 3 aromatic carbocycles. The van der Waals surface area contributed by atoms with Crippen molar-refractivity contribution >= 4 is 82.9 Å². The van der Waals surface area contributed by atoms with Crippen LogP contribution in [0.15, 0.2) is 83.9 Å². The molecule has 0 bridgehead atoms. The molecule has 0 radical (unpaired) electrons. The van der Waals surface area contributed by atoms with E-state index in [-0.39, 0.29) is 100 Å². The first kappa shape index (κ1) is 81.0. The highest BCUT2D eigenvalue weighted by Gasteiger charge is 2.41. The van der Waals surface area contributed by atoms with E-state index in [1.54, 1.807) is 44.2 Å². The first-order valence-corrected chi connectivity index (χ1v) is 32.2. The average molecular weight is 1390 g/mol. The van der Waals surface area contributed by atoms with Gasteiger partial charge in [-0.15, -0.1) is 0 Å². The van der Waals surface area contributed by atoms with Crippen LogP contribution in [0.4, 0.5) is 0 Å². The molecule has 99 heavy (non-hydrogen) atoms. The van der Waals surface area contributed by atoms with Crippen LogP contribution in [0, 0.1) is 11.8 Å². The summed E-state index contributed by atoms with van der Waals surface area (Å²) in [6, 6.07) is 1.84. The van der Waals surface area contributed by atoms with Crippen LogP contribution in [0.5, 0.6) is 11.5 Å². The molecule has 4 rings (SSSR count). The van der Waals surface area contributed by atoms with Crippen LogP contribution >= 0.6 is 0 Å². The van der Waals surface area contributed by atoms with Crippen molar-refractivity contribution in [2.45, 2.75) is 171 Å². The van der Waals surface area contributed by atoms with E-state index in [1.807, 2.05) is 13.8 Å². The number of nitrogens with one attached hydrogen (secondary N) is 9. The lowest BCUT2D eigenvalue weighted by molar-refractivity contribution is -0.143. The highest BCUT2D eigenvalue weighted by atomic mass is 16.4. The van der Waals surface area contributed by atoms with Gasteiger partial charge in [0.15, 0.2) is 5.96 Å². The van der Waals surface area contributed by atoms with Crippen LogP contribution < -0.4 is 70.8 Å². The maximum atomic E-state index is 14.7. The number of likely N-dealkylation sites (tertiary alicyclic amines) is 1. The number of aliphatic hydroxyl groups is 2. The zero-order valence-corrected chi connectivity index (χ0v) is 55.5. The van der Waals surface area contributed by atoms with E-state index in [0.29, 0.717) is 16.7 Å². The number of primary amides is 1. The summed E-state index contributed by atoms with van der Waals surface area (Å²) in [4.78, 5) is 182. The molecule has 0 aromatic heterocycles. The number of aromatic hydroxyl groups is 2. The lowest BCUT2D eigenvalue weighted by atomic mass is 10.0. The Balaban J connectivity index is 1.59. The fourth-order valence-corrected chi connectivity index (χ4v) is 10.6. The van der Waals surface area contributed by atoms with Crippen molar-refractivity contribution in [2.24, 2.45) is 39.8 Å². The monoisotopic (exact) mass is 1390 g/mol. The number of carboxylic acids is 2. The molecule has 0 aliphatic carbocycles. The van der Waals surface area contributed by atoms with E-state index >= 15 is 0 Å². The first-order valence-electron chi connectivity index (χ1n) is 32.2. The molecule has 34 nitrogen and oxygen atoms in total. The number of aliphatic imine (C=N–C) groups is 1. The highest BCUT2D eigenvalue weighted by molar-refractivity contribution is 6.00. The second-order valence-corrected chi connectivity index (χ2v) is 24.8. The summed E-state index contributed by atoms with van der Waals surface area (Å²) in [7, 11) is 0. The van der Waals surface area contributed by atoms with E-state index in [0.717, 1.165) is 4.90 Å². The number of guanidine groups is 1. The second-order valence-electron chi connectivity index (χ2n) is 24.8. The number of carbonyl (C=O) groups excluding carboxylic acids is 11. The molecule has 0 spiro atoms. The summed E-state index contributed by atoms with van der Waals surface area (Å²) >= 11 is 0. The van der Waals surface area contributed by atoms with Gasteiger partial charge in [-0.2, -0.15) is 0 Å². The van der Waals surface area contributed by atoms with Crippen LogP contribution in [0.25, 0.3) is 0 Å². The molecule has 1 saturated heterocycles. The Morgan fingerprint density at radius 2 is 0.919 bits per heavy atom. The number of carbonyl (C=O) groups is 13. The van der Waals surface area contributed by atoms with Crippen molar-refractivity contribution in [3.8, 4) is 11.5 Å². The summed E-state index contributed by atoms with van der Waals surface area (Å²) < 4.78 is 0. The van der Waals surface area contributed by atoms with Crippen molar-refractivity contribution in [1.82, 2.24) is 52.8 Å². The minimum atomic E-state index is -1.86. The largest absolute Gasteiger partial charge is 0.508 e. The number of aliphatic hydroxyl groups excluding tert-OH is 2. The fourth-order valence-electron chi connectivity index (χ4n) is 10.6. The van der Waals surface area contributed by atoms with Gasteiger partial charge >= 0.3 is 11.9 Å². The predicted octanol–water partition coefficient (Wildman–Crippen LogP) is -4.24. The first-order chi connectivity index (χ1) is 46.8. The lowest BCUT2D eigenvalue weighted by Gasteiger charge is -2.30. The second kappa shape index (κ2) is 40.3. The molecule has 1 aliphatic rings. The van der Waals surface area contributed by atoms with Gasteiger partial charge in [0, 0.05) is 38.8 Å². The van der Waals surface area contributed by atoms with Crippen LogP contribution in [0.1, 0.15) is 102 Å². The van der Waals surface area contributed by atoms with Crippen LogP contribution in [-0.4, -0.2) is 211 Å². The molecule has 0 unspecified atom stereocenters.